The molecule has 6 nitrogen and oxygen atoms in total. The van der Waals surface area contributed by atoms with Crippen LogP contribution in [0.2, 0.25) is 0 Å². The van der Waals surface area contributed by atoms with E-state index in [4.69, 9.17) is 4.74 Å². The normalized spacial score (nSPS) is 10.7. The lowest BCUT2D eigenvalue weighted by Crippen LogP contribution is -2.34. The molecular weight excluding hydrogens is 330 g/mol. The van der Waals surface area contributed by atoms with Gasteiger partial charge in [0.05, 0.1) is 18.7 Å². The number of benzene rings is 2. The summed E-state index contributed by atoms with van der Waals surface area (Å²) >= 11 is 0. The van der Waals surface area contributed by atoms with E-state index in [1.165, 1.54) is 4.68 Å². The van der Waals surface area contributed by atoms with Gasteiger partial charge in [-0.2, -0.15) is 5.10 Å². The van der Waals surface area contributed by atoms with Crippen LogP contribution in [0.1, 0.15) is 11.1 Å². The minimum absolute atomic E-state index is 0.103. The molecule has 0 aliphatic rings. The Morgan fingerprint density at radius 2 is 2.04 bits per heavy atom. The van der Waals surface area contributed by atoms with Gasteiger partial charge in [0.1, 0.15) is 12.3 Å². The number of amides is 1. The molecule has 3 aromatic rings. The summed E-state index contributed by atoms with van der Waals surface area (Å²) in [6.07, 6.45) is 2.25. The maximum atomic E-state index is 12.4. The van der Waals surface area contributed by atoms with Crippen molar-refractivity contribution in [3.05, 3.63) is 70.1 Å². The smallest absolute Gasteiger partial charge is 0.275 e. The highest BCUT2D eigenvalue weighted by molar-refractivity contribution is 5.81. The van der Waals surface area contributed by atoms with Gasteiger partial charge in [-0.15, -0.1) is 0 Å². The largest absolute Gasteiger partial charge is 0.496 e. The molecule has 0 fully saturated rings. The van der Waals surface area contributed by atoms with Crippen LogP contribution in [0.25, 0.3) is 10.8 Å². The van der Waals surface area contributed by atoms with E-state index < -0.39 is 0 Å². The van der Waals surface area contributed by atoms with Crippen molar-refractivity contribution in [3.8, 4) is 5.75 Å². The summed E-state index contributed by atoms with van der Waals surface area (Å²) in [6.45, 7) is 2.37. The minimum Gasteiger partial charge on any atom is -0.496 e. The molecule has 1 heterocycles. The lowest BCUT2D eigenvalue weighted by molar-refractivity contribution is -0.121. The lowest BCUT2D eigenvalue weighted by Gasteiger charge is -2.11. The second-order valence-corrected chi connectivity index (χ2v) is 6.11. The van der Waals surface area contributed by atoms with E-state index in [9.17, 15) is 9.59 Å². The molecule has 26 heavy (non-hydrogen) atoms. The Kier molecular flexibility index (Phi) is 5.31. The molecule has 0 unspecified atom stereocenters. The van der Waals surface area contributed by atoms with Gasteiger partial charge in [-0.05, 0) is 31.0 Å². The monoisotopic (exact) mass is 351 g/mol. The average Bonchev–Trinajstić information content (AvgIpc) is 2.64. The van der Waals surface area contributed by atoms with Crippen LogP contribution in [-0.2, 0) is 17.8 Å². The van der Waals surface area contributed by atoms with Gasteiger partial charge in [0.25, 0.3) is 5.56 Å². The van der Waals surface area contributed by atoms with E-state index in [0.717, 1.165) is 22.3 Å². The van der Waals surface area contributed by atoms with Crippen molar-refractivity contribution < 1.29 is 9.53 Å². The van der Waals surface area contributed by atoms with Crippen LogP contribution in [0.4, 0.5) is 0 Å². The van der Waals surface area contributed by atoms with E-state index in [1.54, 1.807) is 25.4 Å². The number of ether oxygens (including phenoxy) is 1. The number of hydrogen-bond acceptors (Lipinski definition) is 4. The van der Waals surface area contributed by atoms with Gasteiger partial charge in [-0.25, -0.2) is 4.68 Å². The average molecular weight is 351 g/mol. The summed E-state index contributed by atoms with van der Waals surface area (Å²) in [5.41, 5.74) is 1.91. The van der Waals surface area contributed by atoms with Crippen LogP contribution < -0.4 is 15.6 Å². The molecule has 0 saturated carbocycles. The van der Waals surface area contributed by atoms with Gasteiger partial charge in [0, 0.05) is 11.9 Å². The SMILES string of the molecule is COc1ccc(C)cc1CCNC(=O)Cn1ncc2ccccc2c1=O. The zero-order valence-electron chi connectivity index (χ0n) is 14.9. The molecule has 0 atom stereocenters. The number of aryl methyl sites for hydroxylation is 1. The molecule has 0 spiro atoms. The van der Waals surface area contributed by atoms with Crippen molar-refractivity contribution in [2.45, 2.75) is 19.9 Å². The molecule has 0 radical (unpaired) electrons. The van der Waals surface area contributed by atoms with E-state index in [1.807, 2.05) is 37.3 Å². The number of carbonyl (C=O) groups is 1. The van der Waals surface area contributed by atoms with Crippen LogP contribution in [-0.4, -0.2) is 29.3 Å². The lowest BCUT2D eigenvalue weighted by atomic mass is 10.1. The van der Waals surface area contributed by atoms with Crippen LogP contribution in [0.5, 0.6) is 5.75 Å². The number of fused-ring (bicyclic) bond motifs is 1. The fourth-order valence-electron chi connectivity index (χ4n) is 2.87. The van der Waals surface area contributed by atoms with E-state index in [-0.39, 0.29) is 18.0 Å². The first-order chi connectivity index (χ1) is 12.6. The summed E-state index contributed by atoms with van der Waals surface area (Å²) in [5.74, 6) is 0.554. The number of carbonyl (C=O) groups excluding carboxylic acids is 1. The standard InChI is InChI=1S/C20H21N3O3/c1-14-7-8-18(26-2)15(11-14)9-10-21-19(24)13-23-20(25)17-6-4-3-5-16(17)12-22-23/h3-8,11-12H,9-10,13H2,1-2H3,(H,21,24). The molecule has 0 bridgehead atoms. The first-order valence-electron chi connectivity index (χ1n) is 8.43. The minimum atomic E-state index is -0.265. The fourth-order valence-corrected chi connectivity index (χ4v) is 2.87. The Labute approximate surface area is 151 Å². The maximum Gasteiger partial charge on any atom is 0.275 e. The van der Waals surface area contributed by atoms with Crippen molar-refractivity contribution in [1.82, 2.24) is 15.1 Å². The topological polar surface area (TPSA) is 73.2 Å². The second kappa shape index (κ2) is 7.82. The number of hydrogen-bond donors (Lipinski definition) is 1. The Bertz CT molecular complexity index is 995. The van der Waals surface area contributed by atoms with Gasteiger partial charge in [-0.3, -0.25) is 9.59 Å². The quantitative estimate of drug-likeness (QED) is 0.738. The summed E-state index contributed by atoms with van der Waals surface area (Å²) in [7, 11) is 1.63. The summed E-state index contributed by atoms with van der Waals surface area (Å²) < 4.78 is 6.53. The molecule has 134 valence electrons. The predicted molar refractivity (Wildman–Crippen MR) is 100 cm³/mol. The van der Waals surface area contributed by atoms with Crippen LogP contribution in [0.15, 0.2) is 53.5 Å². The fraction of sp³-hybridized carbons (Fsp3) is 0.250. The molecule has 2 aromatic carbocycles. The van der Waals surface area contributed by atoms with Gasteiger partial charge in [-0.1, -0.05) is 35.9 Å². The highest BCUT2D eigenvalue weighted by Gasteiger charge is 2.09. The number of nitrogens with zero attached hydrogens (tertiary/aromatic N) is 2. The summed E-state index contributed by atoms with van der Waals surface area (Å²) in [5, 5.41) is 8.23. The molecule has 3 rings (SSSR count). The zero-order chi connectivity index (χ0) is 18.5. The highest BCUT2D eigenvalue weighted by atomic mass is 16.5. The van der Waals surface area contributed by atoms with Crippen LogP contribution >= 0.6 is 0 Å². The van der Waals surface area contributed by atoms with Crippen molar-refractivity contribution in [3.63, 3.8) is 0 Å². The third kappa shape index (κ3) is 3.91. The molecule has 1 amide bonds. The number of rotatable bonds is 6. The Balaban J connectivity index is 1.62. The van der Waals surface area contributed by atoms with Crippen molar-refractivity contribution in [1.29, 1.82) is 0 Å². The molecule has 1 aromatic heterocycles. The Morgan fingerprint density at radius 1 is 1.23 bits per heavy atom. The zero-order valence-corrected chi connectivity index (χ0v) is 14.9. The summed E-state index contributed by atoms with van der Waals surface area (Å²) in [4.78, 5) is 24.6. The van der Waals surface area contributed by atoms with Gasteiger partial charge >= 0.3 is 0 Å². The molecule has 6 heteroatoms. The predicted octanol–water partition coefficient (Wildman–Crippen LogP) is 2.07. The third-order valence-corrected chi connectivity index (χ3v) is 4.21. The maximum absolute atomic E-state index is 12.4. The molecular formula is C20H21N3O3. The van der Waals surface area contributed by atoms with Crippen molar-refractivity contribution >= 4 is 16.7 Å². The van der Waals surface area contributed by atoms with E-state index in [0.29, 0.717) is 18.4 Å². The van der Waals surface area contributed by atoms with E-state index >= 15 is 0 Å². The molecule has 0 aliphatic carbocycles. The third-order valence-electron chi connectivity index (χ3n) is 4.21. The van der Waals surface area contributed by atoms with Crippen molar-refractivity contribution in [2.75, 3.05) is 13.7 Å². The summed E-state index contributed by atoms with van der Waals surface area (Å²) in [6, 6.07) is 13.1. The van der Waals surface area contributed by atoms with Gasteiger partial charge < -0.3 is 10.1 Å². The molecule has 1 N–H and O–H groups in total. The number of nitrogens with one attached hydrogen (secondary N) is 1. The second-order valence-electron chi connectivity index (χ2n) is 6.11. The highest BCUT2D eigenvalue weighted by Crippen LogP contribution is 2.19. The van der Waals surface area contributed by atoms with Crippen molar-refractivity contribution in [2.24, 2.45) is 0 Å². The van der Waals surface area contributed by atoms with Crippen LogP contribution in [0, 0.1) is 6.92 Å². The van der Waals surface area contributed by atoms with Crippen LogP contribution in [0.3, 0.4) is 0 Å². The first kappa shape index (κ1) is 17.7. The Morgan fingerprint density at radius 3 is 2.85 bits per heavy atom. The number of methoxy groups -OCH3 is 1. The molecule has 0 aliphatic heterocycles. The Hall–Kier alpha value is -3.15. The van der Waals surface area contributed by atoms with Gasteiger partial charge in [0.2, 0.25) is 5.91 Å². The molecule has 0 saturated heterocycles. The van der Waals surface area contributed by atoms with Gasteiger partial charge in [0.15, 0.2) is 0 Å². The van der Waals surface area contributed by atoms with E-state index in [2.05, 4.69) is 10.4 Å². The number of aromatic nitrogens is 2. The first-order valence-corrected chi connectivity index (χ1v) is 8.43.